The Bertz CT molecular complexity index is 714. The van der Waals surface area contributed by atoms with Crippen LogP contribution in [0.2, 0.25) is 0 Å². The van der Waals surface area contributed by atoms with E-state index in [2.05, 4.69) is 32.1 Å². The van der Waals surface area contributed by atoms with Gasteiger partial charge in [-0.1, -0.05) is 6.07 Å². The SMILES string of the molecule is COc1cccc(NC(=O)c2cc(N3CCN(C)CC3)ncn2)c1. The Morgan fingerprint density at radius 2 is 1.96 bits per heavy atom. The Labute approximate surface area is 141 Å². The predicted octanol–water partition coefficient (Wildman–Crippen LogP) is 1.49. The van der Waals surface area contributed by atoms with Crippen molar-refractivity contribution in [2.45, 2.75) is 0 Å². The van der Waals surface area contributed by atoms with Gasteiger partial charge >= 0.3 is 0 Å². The molecule has 126 valence electrons. The number of aromatic nitrogens is 2. The summed E-state index contributed by atoms with van der Waals surface area (Å²) in [7, 11) is 3.69. The molecule has 1 aromatic carbocycles. The number of likely N-dealkylation sites (N-methyl/N-ethyl adjacent to an activating group) is 1. The Morgan fingerprint density at radius 1 is 1.17 bits per heavy atom. The zero-order valence-electron chi connectivity index (χ0n) is 13.9. The van der Waals surface area contributed by atoms with E-state index in [1.807, 2.05) is 18.2 Å². The highest BCUT2D eigenvalue weighted by molar-refractivity contribution is 6.03. The van der Waals surface area contributed by atoms with Crippen molar-refractivity contribution < 1.29 is 9.53 Å². The lowest BCUT2D eigenvalue weighted by Gasteiger charge is -2.33. The normalized spacial score (nSPS) is 15.2. The summed E-state index contributed by atoms with van der Waals surface area (Å²) in [5.74, 6) is 1.21. The largest absolute Gasteiger partial charge is 0.497 e. The molecule has 1 N–H and O–H groups in total. The first-order valence-electron chi connectivity index (χ1n) is 7.86. The van der Waals surface area contributed by atoms with Gasteiger partial charge < -0.3 is 19.9 Å². The van der Waals surface area contributed by atoms with Crippen molar-refractivity contribution in [1.29, 1.82) is 0 Å². The third-order valence-corrected chi connectivity index (χ3v) is 4.04. The molecule has 1 aliphatic heterocycles. The minimum Gasteiger partial charge on any atom is -0.497 e. The molecule has 1 aromatic heterocycles. The van der Waals surface area contributed by atoms with Gasteiger partial charge in [0, 0.05) is 44.0 Å². The van der Waals surface area contributed by atoms with E-state index in [-0.39, 0.29) is 5.91 Å². The molecule has 3 rings (SSSR count). The average molecular weight is 327 g/mol. The Kier molecular flexibility index (Phi) is 4.90. The van der Waals surface area contributed by atoms with E-state index in [0.717, 1.165) is 32.0 Å². The van der Waals surface area contributed by atoms with Crippen molar-refractivity contribution >= 4 is 17.4 Å². The third-order valence-electron chi connectivity index (χ3n) is 4.04. The standard InChI is InChI=1S/C17H21N5O2/c1-21-6-8-22(9-7-21)16-11-15(18-12-19-16)17(23)20-13-4-3-5-14(10-13)24-2/h3-5,10-12H,6-9H2,1-2H3,(H,20,23). The van der Waals surface area contributed by atoms with Crippen molar-refractivity contribution in [3.05, 3.63) is 42.4 Å². The van der Waals surface area contributed by atoms with E-state index < -0.39 is 0 Å². The molecule has 1 fully saturated rings. The van der Waals surface area contributed by atoms with Gasteiger partial charge in [-0.25, -0.2) is 9.97 Å². The van der Waals surface area contributed by atoms with Crippen molar-refractivity contribution in [2.24, 2.45) is 0 Å². The van der Waals surface area contributed by atoms with Crippen LogP contribution in [0.5, 0.6) is 5.75 Å². The molecule has 1 aliphatic rings. The average Bonchev–Trinajstić information content (AvgIpc) is 2.62. The summed E-state index contributed by atoms with van der Waals surface area (Å²) in [6.07, 6.45) is 1.44. The molecule has 0 atom stereocenters. The fraction of sp³-hybridized carbons (Fsp3) is 0.353. The van der Waals surface area contributed by atoms with Gasteiger partial charge in [0.15, 0.2) is 0 Å². The molecule has 0 bridgehead atoms. The van der Waals surface area contributed by atoms with Crippen molar-refractivity contribution in [1.82, 2.24) is 14.9 Å². The van der Waals surface area contributed by atoms with Crippen LogP contribution in [0.3, 0.4) is 0 Å². The topological polar surface area (TPSA) is 70.6 Å². The number of amides is 1. The fourth-order valence-corrected chi connectivity index (χ4v) is 2.58. The summed E-state index contributed by atoms with van der Waals surface area (Å²) >= 11 is 0. The molecule has 24 heavy (non-hydrogen) atoms. The lowest BCUT2D eigenvalue weighted by molar-refractivity contribution is 0.102. The van der Waals surface area contributed by atoms with Crippen LogP contribution < -0.4 is 15.0 Å². The zero-order valence-corrected chi connectivity index (χ0v) is 13.9. The van der Waals surface area contributed by atoms with Gasteiger partial charge in [0.1, 0.15) is 23.6 Å². The molecule has 7 nitrogen and oxygen atoms in total. The smallest absolute Gasteiger partial charge is 0.274 e. The van der Waals surface area contributed by atoms with Crippen LogP contribution in [-0.4, -0.2) is 61.1 Å². The van der Waals surface area contributed by atoms with Gasteiger partial charge in [0.05, 0.1) is 7.11 Å². The number of carbonyl (C=O) groups excluding carboxylic acids is 1. The Morgan fingerprint density at radius 3 is 2.71 bits per heavy atom. The van der Waals surface area contributed by atoms with Crippen molar-refractivity contribution in [3.63, 3.8) is 0 Å². The Hall–Kier alpha value is -2.67. The molecule has 0 spiro atoms. The first kappa shape index (κ1) is 16.2. The molecule has 7 heteroatoms. The number of ether oxygens (including phenoxy) is 1. The fourth-order valence-electron chi connectivity index (χ4n) is 2.58. The highest BCUT2D eigenvalue weighted by atomic mass is 16.5. The van der Waals surface area contributed by atoms with Gasteiger partial charge in [0.2, 0.25) is 0 Å². The number of nitrogens with one attached hydrogen (secondary N) is 1. The summed E-state index contributed by atoms with van der Waals surface area (Å²) < 4.78 is 5.16. The highest BCUT2D eigenvalue weighted by Crippen LogP contribution is 2.18. The number of carbonyl (C=O) groups is 1. The summed E-state index contributed by atoms with van der Waals surface area (Å²) in [5.41, 5.74) is 1.01. The van der Waals surface area contributed by atoms with E-state index >= 15 is 0 Å². The van der Waals surface area contributed by atoms with Crippen molar-refractivity contribution in [2.75, 3.05) is 50.6 Å². The summed E-state index contributed by atoms with van der Waals surface area (Å²) in [4.78, 5) is 25.3. The molecule has 1 saturated heterocycles. The molecule has 2 heterocycles. The van der Waals surface area contributed by atoms with E-state index in [4.69, 9.17) is 4.74 Å². The molecule has 1 amide bonds. The third kappa shape index (κ3) is 3.80. The van der Waals surface area contributed by atoms with Crippen LogP contribution in [0.4, 0.5) is 11.5 Å². The van der Waals surface area contributed by atoms with Crippen LogP contribution in [0.25, 0.3) is 0 Å². The summed E-state index contributed by atoms with van der Waals surface area (Å²) in [6, 6.07) is 8.96. The van der Waals surface area contributed by atoms with Gasteiger partial charge in [-0.15, -0.1) is 0 Å². The molecular weight excluding hydrogens is 306 g/mol. The second-order valence-electron chi connectivity index (χ2n) is 5.74. The molecule has 0 radical (unpaired) electrons. The number of hydrogen-bond acceptors (Lipinski definition) is 6. The second-order valence-corrected chi connectivity index (χ2v) is 5.74. The van der Waals surface area contributed by atoms with Gasteiger partial charge in [0.25, 0.3) is 5.91 Å². The number of nitrogens with zero attached hydrogens (tertiary/aromatic N) is 4. The zero-order chi connectivity index (χ0) is 16.9. The quantitative estimate of drug-likeness (QED) is 0.917. The molecular formula is C17H21N5O2. The van der Waals surface area contributed by atoms with Gasteiger partial charge in [-0.3, -0.25) is 4.79 Å². The second kappa shape index (κ2) is 7.27. The maximum atomic E-state index is 12.4. The highest BCUT2D eigenvalue weighted by Gasteiger charge is 2.17. The van der Waals surface area contributed by atoms with E-state index in [1.165, 1.54) is 6.33 Å². The number of rotatable bonds is 4. The lowest BCUT2D eigenvalue weighted by Crippen LogP contribution is -2.44. The van der Waals surface area contributed by atoms with Crippen molar-refractivity contribution in [3.8, 4) is 5.75 Å². The first-order chi connectivity index (χ1) is 11.7. The number of benzene rings is 1. The molecule has 2 aromatic rings. The minimum absolute atomic E-state index is 0.263. The molecule has 0 aliphatic carbocycles. The minimum atomic E-state index is -0.263. The van der Waals surface area contributed by atoms with Crippen LogP contribution in [0, 0.1) is 0 Å². The maximum absolute atomic E-state index is 12.4. The summed E-state index contributed by atoms with van der Waals surface area (Å²) in [6.45, 7) is 3.75. The van der Waals surface area contributed by atoms with Crippen LogP contribution in [-0.2, 0) is 0 Å². The van der Waals surface area contributed by atoms with Crippen LogP contribution >= 0.6 is 0 Å². The van der Waals surface area contributed by atoms with Gasteiger partial charge in [-0.2, -0.15) is 0 Å². The predicted molar refractivity (Wildman–Crippen MR) is 92.7 cm³/mol. The van der Waals surface area contributed by atoms with Crippen LogP contribution in [0.1, 0.15) is 10.5 Å². The van der Waals surface area contributed by atoms with E-state index in [1.54, 1.807) is 19.2 Å². The van der Waals surface area contributed by atoms with Gasteiger partial charge in [-0.05, 0) is 19.2 Å². The first-order valence-corrected chi connectivity index (χ1v) is 7.86. The van der Waals surface area contributed by atoms with Crippen LogP contribution in [0.15, 0.2) is 36.7 Å². The number of methoxy groups -OCH3 is 1. The lowest BCUT2D eigenvalue weighted by atomic mass is 10.2. The number of hydrogen-bond donors (Lipinski definition) is 1. The number of anilines is 2. The summed E-state index contributed by atoms with van der Waals surface area (Å²) in [5, 5.41) is 2.83. The number of piperazine rings is 1. The molecule has 0 unspecified atom stereocenters. The maximum Gasteiger partial charge on any atom is 0.274 e. The van der Waals surface area contributed by atoms with E-state index in [9.17, 15) is 4.79 Å². The Balaban J connectivity index is 1.72. The monoisotopic (exact) mass is 327 g/mol. The molecule has 0 saturated carbocycles. The van der Waals surface area contributed by atoms with E-state index in [0.29, 0.717) is 17.1 Å².